The van der Waals surface area contributed by atoms with Crippen LogP contribution in [0.1, 0.15) is 168 Å². The van der Waals surface area contributed by atoms with Crippen LogP contribution in [0.25, 0.3) is 0 Å². The van der Waals surface area contributed by atoms with Gasteiger partial charge in [0.2, 0.25) is 0 Å². The van der Waals surface area contributed by atoms with Crippen LogP contribution < -0.4 is 0 Å². The molecule has 314 valence electrons. The summed E-state index contributed by atoms with van der Waals surface area (Å²) >= 11 is 0. The van der Waals surface area contributed by atoms with E-state index in [1.807, 2.05) is 45.4 Å². The molecule has 0 saturated heterocycles. The quantitative estimate of drug-likeness (QED) is 0.0165. The highest BCUT2D eigenvalue weighted by Gasteiger charge is 2.26. The van der Waals surface area contributed by atoms with Gasteiger partial charge in [0.15, 0.2) is 6.10 Å². The Morgan fingerprint density at radius 3 is 1.41 bits per heavy atom. The largest absolute Gasteiger partial charge is 0.472 e. The smallest absolute Gasteiger partial charge is 0.458 e. The van der Waals surface area contributed by atoms with Crippen molar-refractivity contribution in [3.8, 4) is 0 Å². The van der Waals surface area contributed by atoms with Crippen LogP contribution in [0, 0.1) is 0 Å². The summed E-state index contributed by atoms with van der Waals surface area (Å²) in [6, 6.07) is 0. The van der Waals surface area contributed by atoms with Gasteiger partial charge in [0, 0.05) is 12.2 Å². The number of phosphoric ester groups is 1. The van der Waals surface area contributed by atoms with Crippen LogP contribution in [0.3, 0.4) is 0 Å². The van der Waals surface area contributed by atoms with Crippen molar-refractivity contribution < 1.29 is 42.1 Å². The van der Waals surface area contributed by atoms with Crippen LogP contribution in [-0.4, -0.2) is 74.9 Å². The number of carbonyl (C=O) groups is 2. The number of unbranched alkanes of at least 4 members (excludes halogenated alkanes) is 22. The molecule has 54 heavy (non-hydrogen) atoms. The number of rotatable bonds is 38. The van der Waals surface area contributed by atoms with E-state index in [9.17, 15) is 19.0 Å². The molecule has 0 rings (SSSR count). The van der Waals surface area contributed by atoms with Gasteiger partial charge in [-0.25, -0.2) is 14.2 Å². The van der Waals surface area contributed by atoms with Crippen LogP contribution in [-0.2, 0) is 32.7 Å². The predicted molar refractivity (Wildman–Crippen MR) is 224 cm³/mol. The van der Waals surface area contributed by atoms with Gasteiger partial charge in [-0.1, -0.05) is 179 Å². The lowest BCUT2D eigenvalue weighted by Gasteiger charge is -2.24. The van der Waals surface area contributed by atoms with E-state index in [4.69, 9.17) is 18.5 Å². The van der Waals surface area contributed by atoms with Crippen molar-refractivity contribution in [2.75, 3.05) is 47.5 Å². The zero-order chi connectivity index (χ0) is 40.0. The van der Waals surface area contributed by atoms with E-state index in [2.05, 4.69) is 13.8 Å². The summed E-state index contributed by atoms with van der Waals surface area (Å²) in [4.78, 5) is 35.0. The number of esters is 2. The van der Waals surface area contributed by atoms with Gasteiger partial charge >= 0.3 is 19.8 Å². The monoisotopic (exact) mass is 783 g/mol. The highest BCUT2D eigenvalue weighted by atomic mass is 31.2. The van der Waals surface area contributed by atoms with Crippen molar-refractivity contribution in [1.29, 1.82) is 0 Å². The van der Waals surface area contributed by atoms with E-state index in [1.54, 1.807) is 12.2 Å². The molecule has 9 nitrogen and oxygen atoms in total. The number of likely N-dealkylation sites (N-methyl/N-ethyl adjacent to an activating group) is 1. The Hall–Kier alpha value is -2.03. The second kappa shape index (κ2) is 36.6. The number of carbonyl (C=O) groups excluding carboxylic acids is 2. The summed E-state index contributed by atoms with van der Waals surface area (Å²) in [5, 5.41) is 0. The molecule has 0 aromatic heterocycles. The fraction of sp³-hybridized carbons (Fsp3) is 0.773. The number of allylic oxidation sites excluding steroid dienone is 6. The van der Waals surface area contributed by atoms with Crippen molar-refractivity contribution in [3.05, 3.63) is 48.6 Å². The summed E-state index contributed by atoms with van der Waals surface area (Å²) in [6.45, 7) is 4.16. The molecule has 0 aliphatic carbocycles. The molecule has 0 amide bonds. The Morgan fingerprint density at radius 1 is 0.574 bits per heavy atom. The van der Waals surface area contributed by atoms with Gasteiger partial charge in [-0.15, -0.1) is 0 Å². The lowest BCUT2D eigenvalue weighted by atomic mass is 10.1. The molecule has 2 atom stereocenters. The Balaban J connectivity index is 4.59. The zero-order valence-corrected chi connectivity index (χ0v) is 36.1. The highest BCUT2D eigenvalue weighted by molar-refractivity contribution is 7.47. The molecule has 1 N–H and O–H groups in total. The van der Waals surface area contributed by atoms with Gasteiger partial charge in [-0.05, 0) is 25.7 Å². The Morgan fingerprint density at radius 2 is 0.981 bits per heavy atom. The minimum absolute atomic E-state index is 0.00253. The molecule has 0 saturated carbocycles. The van der Waals surface area contributed by atoms with Gasteiger partial charge in [0.25, 0.3) is 0 Å². The summed E-state index contributed by atoms with van der Waals surface area (Å²) in [5.74, 6) is -1.30. The normalized spacial score (nSPS) is 14.1. The van der Waals surface area contributed by atoms with Gasteiger partial charge < -0.3 is 18.9 Å². The second-order valence-electron chi connectivity index (χ2n) is 15.5. The van der Waals surface area contributed by atoms with Crippen molar-refractivity contribution in [2.24, 2.45) is 0 Å². The molecule has 0 aliphatic rings. The number of quaternary nitrogens is 1. The second-order valence-corrected chi connectivity index (χ2v) is 17.0. The summed E-state index contributed by atoms with van der Waals surface area (Å²) in [6.07, 6.45) is 42.9. The van der Waals surface area contributed by atoms with E-state index < -0.39 is 32.5 Å². The topological polar surface area (TPSA) is 108 Å². The Bertz CT molecular complexity index is 1070. The number of hydrogen-bond donors (Lipinski definition) is 1. The standard InChI is InChI=1S/C44H80NO8P/c1-6-8-10-12-14-16-18-20-22-24-26-28-30-32-34-36-43(46)50-40-42(41-52-54(48,49)51-39-38-45(3,4)5)53-44(47)37-35-33-31-29-27-25-23-21-19-17-15-13-11-9-7-2/h30-37,42H,6-29,38-41H2,1-5H3/p+1/b32-30-,33-31-,36-34-,37-35-/t42-/m1/s1. The lowest BCUT2D eigenvalue weighted by Crippen LogP contribution is -2.37. The van der Waals surface area contributed by atoms with Crippen LogP contribution in [0.15, 0.2) is 48.6 Å². The summed E-state index contributed by atoms with van der Waals surface area (Å²) in [7, 11) is 1.38. The molecule has 10 heteroatoms. The fourth-order valence-electron chi connectivity index (χ4n) is 5.66. The van der Waals surface area contributed by atoms with Crippen LogP contribution in [0.4, 0.5) is 0 Å². The number of ether oxygens (including phenoxy) is 2. The van der Waals surface area contributed by atoms with E-state index in [0.29, 0.717) is 11.0 Å². The van der Waals surface area contributed by atoms with Gasteiger partial charge in [-0.3, -0.25) is 9.05 Å². The average molecular weight is 783 g/mol. The number of nitrogens with zero attached hydrogens (tertiary/aromatic N) is 1. The minimum Gasteiger partial charge on any atom is -0.458 e. The lowest BCUT2D eigenvalue weighted by molar-refractivity contribution is -0.870. The summed E-state index contributed by atoms with van der Waals surface area (Å²) in [5.41, 5.74) is 0. The molecule has 0 bridgehead atoms. The third kappa shape index (κ3) is 39.7. The maximum Gasteiger partial charge on any atom is 0.472 e. The van der Waals surface area contributed by atoms with Crippen molar-refractivity contribution in [2.45, 2.75) is 174 Å². The number of hydrogen-bond acceptors (Lipinski definition) is 7. The molecule has 1 unspecified atom stereocenters. The first-order valence-corrected chi connectivity index (χ1v) is 22.9. The molecule has 0 radical (unpaired) electrons. The first-order chi connectivity index (χ1) is 26.0. The van der Waals surface area contributed by atoms with Crippen LogP contribution >= 0.6 is 7.82 Å². The first kappa shape index (κ1) is 52.0. The van der Waals surface area contributed by atoms with Crippen LogP contribution in [0.2, 0.25) is 0 Å². The third-order valence-corrected chi connectivity index (χ3v) is 10.0. The molecule has 0 fully saturated rings. The van der Waals surface area contributed by atoms with Crippen LogP contribution in [0.5, 0.6) is 0 Å². The van der Waals surface area contributed by atoms with E-state index >= 15 is 0 Å². The minimum atomic E-state index is -4.42. The maximum absolute atomic E-state index is 12.5. The summed E-state index contributed by atoms with van der Waals surface area (Å²) < 4.78 is 33.8. The van der Waals surface area contributed by atoms with E-state index in [-0.39, 0.29) is 13.2 Å². The first-order valence-electron chi connectivity index (χ1n) is 21.4. The average Bonchev–Trinajstić information content (AvgIpc) is 3.12. The van der Waals surface area contributed by atoms with E-state index in [1.165, 1.54) is 141 Å². The maximum atomic E-state index is 12.5. The Kier molecular flexibility index (Phi) is 35.2. The molecule has 0 aliphatic heterocycles. The zero-order valence-electron chi connectivity index (χ0n) is 35.2. The molecule has 0 spiro atoms. The molecular formula is C44H81NO8P+. The highest BCUT2D eigenvalue weighted by Crippen LogP contribution is 2.43. The van der Waals surface area contributed by atoms with Gasteiger partial charge in [0.1, 0.15) is 19.8 Å². The van der Waals surface area contributed by atoms with Crippen molar-refractivity contribution in [1.82, 2.24) is 0 Å². The van der Waals surface area contributed by atoms with Gasteiger partial charge in [0.05, 0.1) is 27.7 Å². The van der Waals surface area contributed by atoms with Crippen molar-refractivity contribution >= 4 is 19.8 Å². The Labute approximate surface area is 331 Å². The predicted octanol–water partition coefficient (Wildman–Crippen LogP) is 11.9. The van der Waals surface area contributed by atoms with Crippen molar-refractivity contribution in [3.63, 3.8) is 0 Å². The number of phosphoric acid groups is 1. The third-order valence-electron chi connectivity index (χ3n) is 9.04. The van der Waals surface area contributed by atoms with E-state index in [0.717, 1.165) is 25.7 Å². The SMILES string of the molecule is CCCCCCCCCCCCC/C=C\C=C/C(=O)OC[C@H](COP(=O)(O)OCC[N+](C)(C)C)OC(=O)/C=C\C=C/CCCCCCCCCCCCC. The molecule has 0 aromatic carbocycles. The molecule has 0 aromatic rings. The van der Waals surface area contributed by atoms with Gasteiger partial charge in [-0.2, -0.15) is 0 Å². The molecular weight excluding hydrogens is 701 g/mol. The molecule has 0 heterocycles. The fourth-order valence-corrected chi connectivity index (χ4v) is 6.40.